The molecule has 106 valence electrons. The first-order chi connectivity index (χ1) is 8.60. The highest BCUT2D eigenvalue weighted by atomic mass is 32.2. The second-order valence-corrected chi connectivity index (χ2v) is 6.37. The molecule has 0 aromatic rings. The number of hydrogen-bond acceptors (Lipinski definition) is 5. The van der Waals surface area contributed by atoms with Crippen molar-refractivity contribution in [3.05, 3.63) is 12.7 Å². The lowest BCUT2D eigenvalue weighted by atomic mass is 10.4. The number of aliphatic hydroxyl groups excluding tert-OH is 1. The van der Waals surface area contributed by atoms with E-state index in [2.05, 4.69) is 16.8 Å². The number of hydrogen-bond donors (Lipinski definition) is 2. The Kier molecular flexibility index (Phi) is 6.80. The average molecular weight is 277 g/mol. The van der Waals surface area contributed by atoms with E-state index in [1.807, 2.05) is 0 Å². The molecule has 1 saturated heterocycles. The van der Waals surface area contributed by atoms with Gasteiger partial charge in [-0.05, 0) is 0 Å². The fourth-order valence-electron chi connectivity index (χ4n) is 1.91. The molecule has 0 radical (unpaired) electrons. The maximum atomic E-state index is 12.1. The van der Waals surface area contributed by atoms with E-state index in [4.69, 9.17) is 5.11 Å². The van der Waals surface area contributed by atoms with Crippen LogP contribution in [0.25, 0.3) is 0 Å². The van der Waals surface area contributed by atoms with E-state index in [0.717, 1.165) is 26.2 Å². The van der Waals surface area contributed by atoms with Crippen LogP contribution in [0.3, 0.4) is 0 Å². The van der Waals surface area contributed by atoms with Crippen LogP contribution in [0.15, 0.2) is 12.7 Å². The van der Waals surface area contributed by atoms with Gasteiger partial charge in [-0.15, -0.1) is 6.58 Å². The van der Waals surface area contributed by atoms with E-state index in [1.165, 1.54) is 10.4 Å². The molecule has 0 aromatic heterocycles. The van der Waals surface area contributed by atoms with Gasteiger partial charge in [0.1, 0.15) is 0 Å². The molecule has 0 aromatic carbocycles. The Morgan fingerprint density at radius 3 is 2.61 bits per heavy atom. The van der Waals surface area contributed by atoms with Gasteiger partial charge in [0.15, 0.2) is 0 Å². The van der Waals surface area contributed by atoms with Crippen LogP contribution in [-0.2, 0) is 10.0 Å². The first-order valence-corrected chi connectivity index (χ1v) is 7.83. The Balaban J connectivity index is 2.47. The topological polar surface area (TPSA) is 72.9 Å². The summed E-state index contributed by atoms with van der Waals surface area (Å²) in [6.45, 7) is 7.90. The standard InChI is InChI=1S/C11H23N3O3S/c1-2-5-14(8-10-15)18(16,17)11-9-13-6-3-12-4-7-13/h2,12,15H,1,3-11H2. The predicted molar refractivity (Wildman–Crippen MR) is 72.0 cm³/mol. The highest BCUT2D eigenvalue weighted by molar-refractivity contribution is 7.89. The number of aliphatic hydroxyl groups is 1. The maximum Gasteiger partial charge on any atom is 0.215 e. The highest BCUT2D eigenvalue weighted by Gasteiger charge is 2.21. The van der Waals surface area contributed by atoms with E-state index in [0.29, 0.717) is 6.54 Å². The number of nitrogens with zero attached hydrogens (tertiary/aromatic N) is 2. The van der Waals surface area contributed by atoms with Crippen LogP contribution in [0, 0.1) is 0 Å². The Morgan fingerprint density at radius 2 is 2.06 bits per heavy atom. The molecule has 2 N–H and O–H groups in total. The number of piperazine rings is 1. The van der Waals surface area contributed by atoms with E-state index in [1.54, 1.807) is 0 Å². The van der Waals surface area contributed by atoms with Crippen molar-refractivity contribution in [3.8, 4) is 0 Å². The third kappa shape index (κ3) is 5.03. The van der Waals surface area contributed by atoms with Crippen LogP contribution in [0.4, 0.5) is 0 Å². The summed E-state index contributed by atoms with van der Waals surface area (Å²) in [5, 5.41) is 12.1. The minimum atomic E-state index is -3.31. The van der Waals surface area contributed by atoms with E-state index in [9.17, 15) is 8.42 Å². The molecule has 0 spiro atoms. The van der Waals surface area contributed by atoms with Gasteiger partial charge >= 0.3 is 0 Å². The van der Waals surface area contributed by atoms with Crippen molar-refractivity contribution in [2.24, 2.45) is 0 Å². The van der Waals surface area contributed by atoms with Crippen LogP contribution >= 0.6 is 0 Å². The van der Waals surface area contributed by atoms with Crippen LogP contribution in [-0.4, -0.2) is 80.9 Å². The van der Waals surface area contributed by atoms with Crippen molar-refractivity contribution in [2.75, 3.05) is 58.2 Å². The lowest BCUT2D eigenvalue weighted by molar-refractivity contribution is 0.247. The van der Waals surface area contributed by atoms with Crippen LogP contribution < -0.4 is 5.32 Å². The summed E-state index contributed by atoms with van der Waals surface area (Å²) in [6, 6.07) is 0. The van der Waals surface area contributed by atoms with Gasteiger partial charge < -0.3 is 10.4 Å². The first-order valence-electron chi connectivity index (χ1n) is 6.23. The first kappa shape index (κ1) is 15.6. The third-order valence-electron chi connectivity index (χ3n) is 2.95. The minimum Gasteiger partial charge on any atom is -0.395 e. The zero-order valence-corrected chi connectivity index (χ0v) is 11.5. The largest absolute Gasteiger partial charge is 0.395 e. The molecule has 0 atom stereocenters. The second-order valence-electron chi connectivity index (χ2n) is 4.28. The van der Waals surface area contributed by atoms with Crippen LogP contribution in [0.5, 0.6) is 0 Å². The van der Waals surface area contributed by atoms with E-state index < -0.39 is 10.0 Å². The van der Waals surface area contributed by atoms with Crippen molar-refractivity contribution < 1.29 is 13.5 Å². The Morgan fingerprint density at radius 1 is 1.39 bits per heavy atom. The molecule has 18 heavy (non-hydrogen) atoms. The summed E-state index contributed by atoms with van der Waals surface area (Å²) in [7, 11) is -3.31. The highest BCUT2D eigenvalue weighted by Crippen LogP contribution is 2.03. The summed E-state index contributed by atoms with van der Waals surface area (Å²) in [6.07, 6.45) is 1.54. The third-order valence-corrected chi connectivity index (χ3v) is 4.77. The minimum absolute atomic E-state index is 0.0981. The average Bonchev–Trinajstić information content (AvgIpc) is 2.37. The van der Waals surface area contributed by atoms with Crippen LogP contribution in [0.1, 0.15) is 0 Å². The number of nitrogens with one attached hydrogen (secondary N) is 1. The number of rotatable bonds is 8. The Hall–Kier alpha value is -0.470. The lowest BCUT2D eigenvalue weighted by Crippen LogP contribution is -2.46. The zero-order chi connectivity index (χ0) is 13.4. The number of sulfonamides is 1. The van der Waals surface area contributed by atoms with Gasteiger partial charge in [0.25, 0.3) is 0 Å². The van der Waals surface area contributed by atoms with Gasteiger partial charge in [-0.25, -0.2) is 8.42 Å². The monoisotopic (exact) mass is 277 g/mol. The molecule has 7 heteroatoms. The van der Waals surface area contributed by atoms with Gasteiger partial charge in [0, 0.05) is 45.8 Å². The maximum absolute atomic E-state index is 12.1. The summed E-state index contributed by atoms with van der Waals surface area (Å²) in [5.74, 6) is 0.0981. The zero-order valence-electron chi connectivity index (χ0n) is 10.7. The van der Waals surface area contributed by atoms with Crippen molar-refractivity contribution in [3.63, 3.8) is 0 Å². The second kappa shape index (κ2) is 7.85. The molecule has 0 saturated carbocycles. The van der Waals surface area contributed by atoms with Gasteiger partial charge in [-0.3, -0.25) is 4.90 Å². The molecule has 0 bridgehead atoms. The van der Waals surface area contributed by atoms with Crippen molar-refractivity contribution in [1.29, 1.82) is 0 Å². The van der Waals surface area contributed by atoms with Gasteiger partial charge in [-0.1, -0.05) is 6.08 Å². The fourth-order valence-corrected chi connectivity index (χ4v) is 3.35. The Labute approximate surface area is 109 Å². The molecule has 1 fully saturated rings. The summed E-state index contributed by atoms with van der Waals surface area (Å²) in [4.78, 5) is 2.14. The van der Waals surface area contributed by atoms with Gasteiger partial charge in [-0.2, -0.15) is 4.31 Å². The Bertz CT molecular complexity index is 339. The molecule has 0 amide bonds. The quantitative estimate of drug-likeness (QED) is 0.540. The fraction of sp³-hybridized carbons (Fsp3) is 0.818. The molecule has 0 aliphatic carbocycles. The molecule has 1 aliphatic heterocycles. The summed E-state index contributed by atoms with van der Waals surface area (Å²) < 4.78 is 25.4. The molecular formula is C11H23N3O3S. The molecule has 6 nitrogen and oxygen atoms in total. The van der Waals surface area contributed by atoms with E-state index >= 15 is 0 Å². The van der Waals surface area contributed by atoms with Crippen molar-refractivity contribution in [2.45, 2.75) is 0 Å². The van der Waals surface area contributed by atoms with Crippen molar-refractivity contribution >= 4 is 10.0 Å². The molecular weight excluding hydrogens is 254 g/mol. The summed E-state index contributed by atoms with van der Waals surface area (Å²) in [5.41, 5.74) is 0. The van der Waals surface area contributed by atoms with Crippen molar-refractivity contribution in [1.82, 2.24) is 14.5 Å². The summed E-state index contributed by atoms with van der Waals surface area (Å²) >= 11 is 0. The lowest BCUT2D eigenvalue weighted by Gasteiger charge is -2.28. The van der Waals surface area contributed by atoms with Crippen LogP contribution in [0.2, 0.25) is 0 Å². The van der Waals surface area contributed by atoms with Gasteiger partial charge in [0.2, 0.25) is 10.0 Å². The molecule has 0 unspecified atom stereocenters. The van der Waals surface area contributed by atoms with E-state index in [-0.39, 0.29) is 25.4 Å². The van der Waals surface area contributed by atoms with Gasteiger partial charge in [0.05, 0.1) is 12.4 Å². The predicted octanol–water partition coefficient (Wildman–Crippen LogP) is -1.30. The molecule has 1 aliphatic rings. The molecule has 1 rings (SSSR count). The smallest absolute Gasteiger partial charge is 0.215 e. The molecule has 1 heterocycles. The normalized spacial score (nSPS) is 18.1. The SMILES string of the molecule is C=CCN(CCO)S(=O)(=O)CCN1CCNCC1.